The van der Waals surface area contributed by atoms with Crippen LogP contribution in [0.5, 0.6) is 0 Å². The molecule has 0 atom stereocenters. The van der Waals surface area contributed by atoms with Crippen molar-refractivity contribution in [3.63, 3.8) is 0 Å². The number of carboxylic acid groups (broad SMARTS) is 1. The fraction of sp³-hybridized carbons (Fsp3) is 0.0769. The van der Waals surface area contributed by atoms with E-state index in [1.807, 2.05) is 0 Å². The molecule has 0 aliphatic carbocycles. The first-order chi connectivity index (χ1) is 10.7. The van der Waals surface area contributed by atoms with E-state index in [9.17, 15) is 9.59 Å². The molecule has 2 aromatic heterocycles. The van der Waals surface area contributed by atoms with Crippen molar-refractivity contribution in [3.8, 4) is 0 Å². The lowest BCUT2D eigenvalue weighted by Gasteiger charge is -1.99. The minimum absolute atomic E-state index is 0.0370. The number of rotatable bonds is 2. The van der Waals surface area contributed by atoms with E-state index in [1.165, 1.54) is 31.4 Å². The molecule has 10 heteroatoms. The summed E-state index contributed by atoms with van der Waals surface area (Å²) in [7, 11) is 1.28. The van der Waals surface area contributed by atoms with E-state index < -0.39 is 11.9 Å². The molecule has 0 aromatic carbocycles. The highest BCUT2D eigenvalue weighted by atomic mass is 35.5. The van der Waals surface area contributed by atoms with Gasteiger partial charge >= 0.3 is 11.9 Å². The lowest BCUT2D eigenvalue weighted by atomic mass is 10.3. The van der Waals surface area contributed by atoms with Gasteiger partial charge in [-0.3, -0.25) is 0 Å². The van der Waals surface area contributed by atoms with Crippen LogP contribution in [-0.4, -0.2) is 34.1 Å². The summed E-state index contributed by atoms with van der Waals surface area (Å²) in [5, 5.41) is 8.98. The number of pyridine rings is 2. The van der Waals surface area contributed by atoms with Gasteiger partial charge in [0.15, 0.2) is 0 Å². The third-order valence-corrected chi connectivity index (χ3v) is 2.97. The molecule has 0 unspecified atom stereocenters. The molecular formula is C13H8Cl4N2O4. The molecule has 2 rings (SSSR count). The first kappa shape index (κ1) is 19.4. The number of ether oxygens (including phenoxy) is 1. The molecule has 6 nitrogen and oxygen atoms in total. The Bertz CT molecular complexity index is 699. The summed E-state index contributed by atoms with van der Waals surface area (Å²) in [5.74, 6) is -1.56. The van der Waals surface area contributed by atoms with Crippen LogP contribution in [0, 0.1) is 0 Å². The number of hydrogen-bond donors (Lipinski definition) is 1. The molecule has 0 aliphatic rings. The van der Waals surface area contributed by atoms with Crippen molar-refractivity contribution in [1.29, 1.82) is 0 Å². The Morgan fingerprint density at radius 2 is 1.22 bits per heavy atom. The van der Waals surface area contributed by atoms with Gasteiger partial charge in [-0.2, -0.15) is 0 Å². The Kier molecular flexibility index (Phi) is 7.51. The maximum absolute atomic E-state index is 11.0. The van der Waals surface area contributed by atoms with Crippen molar-refractivity contribution in [2.45, 2.75) is 0 Å². The first-order valence-corrected chi connectivity index (χ1v) is 7.22. The minimum Gasteiger partial charge on any atom is -0.478 e. The topological polar surface area (TPSA) is 89.4 Å². The number of esters is 1. The summed E-state index contributed by atoms with van der Waals surface area (Å²) in [6, 6.07) is 5.24. The van der Waals surface area contributed by atoms with E-state index in [0.29, 0.717) is 5.56 Å². The molecule has 0 amide bonds. The highest BCUT2D eigenvalue weighted by molar-refractivity contribution is 6.33. The van der Waals surface area contributed by atoms with Crippen LogP contribution in [0.15, 0.2) is 24.3 Å². The predicted octanol–water partition coefficient (Wildman–Crippen LogP) is 4.26. The fourth-order valence-corrected chi connectivity index (χ4v) is 2.21. The second-order valence-corrected chi connectivity index (χ2v) is 5.35. The van der Waals surface area contributed by atoms with E-state index >= 15 is 0 Å². The smallest absolute Gasteiger partial charge is 0.338 e. The quantitative estimate of drug-likeness (QED) is 0.601. The lowest BCUT2D eigenvalue weighted by Crippen LogP contribution is -2.01. The van der Waals surface area contributed by atoms with Crippen LogP contribution in [0.2, 0.25) is 20.6 Å². The summed E-state index contributed by atoms with van der Waals surface area (Å²) in [5.41, 5.74) is 0.331. The standard InChI is InChI=1S/C7H5Cl2NO2.C6H3Cl2NO2/c1-12-7(11)4-2-5(8)10-6(9)3-4;7-4-1-3(6(10)11)2-5(8)9-4/h2-3H,1H3;1-2H,(H,10,11). The zero-order valence-electron chi connectivity index (χ0n) is 11.4. The van der Waals surface area contributed by atoms with Gasteiger partial charge in [-0.15, -0.1) is 0 Å². The van der Waals surface area contributed by atoms with Gasteiger partial charge in [-0.05, 0) is 24.3 Å². The molecule has 0 saturated carbocycles. The molecule has 0 radical (unpaired) electrons. The monoisotopic (exact) mass is 396 g/mol. The zero-order chi connectivity index (χ0) is 17.6. The Labute approximate surface area is 150 Å². The number of nitrogens with zero attached hydrogens (tertiary/aromatic N) is 2. The average molecular weight is 398 g/mol. The van der Waals surface area contributed by atoms with Crippen LogP contribution in [0.3, 0.4) is 0 Å². The van der Waals surface area contributed by atoms with Crippen molar-refractivity contribution in [1.82, 2.24) is 9.97 Å². The summed E-state index contributed by atoms with van der Waals surface area (Å²) in [6.07, 6.45) is 0. The van der Waals surface area contributed by atoms with Gasteiger partial charge in [0, 0.05) is 0 Å². The van der Waals surface area contributed by atoms with Gasteiger partial charge in [-0.1, -0.05) is 46.4 Å². The largest absolute Gasteiger partial charge is 0.478 e. The molecule has 0 bridgehead atoms. The van der Waals surface area contributed by atoms with Crippen LogP contribution in [0.25, 0.3) is 0 Å². The maximum Gasteiger partial charge on any atom is 0.338 e. The molecule has 23 heavy (non-hydrogen) atoms. The van der Waals surface area contributed by atoms with Crippen LogP contribution in [0.4, 0.5) is 0 Å². The van der Waals surface area contributed by atoms with E-state index in [0.717, 1.165) is 0 Å². The Hall–Kier alpha value is -1.60. The average Bonchev–Trinajstić information content (AvgIpc) is 2.45. The third kappa shape index (κ3) is 6.58. The normalized spacial score (nSPS) is 9.61. The van der Waals surface area contributed by atoms with E-state index in [-0.39, 0.29) is 26.2 Å². The van der Waals surface area contributed by atoms with E-state index in [1.54, 1.807) is 0 Å². The molecule has 1 N–H and O–H groups in total. The predicted molar refractivity (Wildman–Crippen MR) is 86.8 cm³/mol. The second-order valence-electron chi connectivity index (χ2n) is 3.80. The van der Waals surface area contributed by atoms with Crippen molar-refractivity contribution in [2.75, 3.05) is 7.11 Å². The molecule has 122 valence electrons. The molecule has 0 aliphatic heterocycles. The Morgan fingerprint density at radius 3 is 1.52 bits per heavy atom. The Morgan fingerprint density at radius 1 is 0.870 bits per heavy atom. The van der Waals surface area contributed by atoms with Gasteiger partial charge < -0.3 is 9.84 Å². The van der Waals surface area contributed by atoms with E-state index in [2.05, 4.69) is 14.7 Å². The van der Waals surface area contributed by atoms with Crippen LogP contribution in [0.1, 0.15) is 20.7 Å². The maximum atomic E-state index is 11.0. The highest BCUT2D eigenvalue weighted by Gasteiger charge is 2.07. The number of hydrogen-bond acceptors (Lipinski definition) is 5. The van der Waals surface area contributed by atoms with Gasteiger partial charge in [-0.25, -0.2) is 19.6 Å². The molecule has 0 fully saturated rings. The van der Waals surface area contributed by atoms with Gasteiger partial charge in [0.2, 0.25) is 0 Å². The molecule has 2 aromatic rings. The number of carbonyl (C=O) groups excluding carboxylic acids is 1. The Balaban J connectivity index is 0.000000231. The van der Waals surface area contributed by atoms with Crippen LogP contribution < -0.4 is 0 Å². The van der Waals surface area contributed by atoms with Crippen molar-refractivity contribution >= 4 is 58.3 Å². The van der Waals surface area contributed by atoms with Crippen molar-refractivity contribution in [2.24, 2.45) is 0 Å². The van der Waals surface area contributed by atoms with Gasteiger partial charge in [0.05, 0.1) is 18.2 Å². The first-order valence-electron chi connectivity index (χ1n) is 5.70. The van der Waals surface area contributed by atoms with Crippen molar-refractivity contribution in [3.05, 3.63) is 56.0 Å². The number of methoxy groups -OCH3 is 1. The summed E-state index contributed by atoms with van der Waals surface area (Å²) < 4.78 is 4.46. The van der Waals surface area contributed by atoms with Gasteiger partial charge in [0.25, 0.3) is 0 Å². The molecule has 0 saturated heterocycles. The third-order valence-electron chi connectivity index (χ3n) is 2.19. The van der Waals surface area contributed by atoms with Crippen molar-refractivity contribution < 1.29 is 19.4 Å². The number of carbonyl (C=O) groups is 2. The lowest BCUT2D eigenvalue weighted by molar-refractivity contribution is 0.0599. The number of halogens is 4. The number of aromatic nitrogens is 2. The SMILES string of the molecule is COC(=O)c1cc(Cl)nc(Cl)c1.O=C(O)c1cc(Cl)nc(Cl)c1. The molecule has 2 heterocycles. The second kappa shape index (κ2) is 8.88. The van der Waals surface area contributed by atoms with Gasteiger partial charge in [0.1, 0.15) is 20.6 Å². The summed E-state index contributed by atoms with van der Waals surface area (Å²) in [6.45, 7) is 0. The molecular weight excluding hydrogens is 390 g/mol. The summed E-state index contributed by atoms with van der Waals surface area (Å²) in [4.78, 5) is 28.6. The highest BCUT2D eigenvalue weighted by Crippen LogP contribution is 2.15. The van der Waals surface area contributed by atoms with Crippen LogP contribution in [-0.2, 0) is 4.74 Å². The molecule has 0 spiro atoms. The minimum atomic E-state index is -1.07. The summed E-state index contributed by atoms with van der Waals surface area (Å²) >= 11 is 22.0. The van der Waals surface area contributed by atoms with Crippen LogP contribution >= 0.6 is 46.4 Å². The zero-order valence-corrected chi connectivity index (χ0v) is 14.4. The van der Waals surface area contributed by atoms with E-state index in [4.69, 9.17) is 51.5 Å². The number of aromatic carboxylic acids is 1. The fourth-order valence-electron chi connectivity index (χ4n) is 1.29. The number of carboxylic acids is 1.